The Hall–Kier alpha value is -1.86. The van der Waals surface area contributed by atoms with Gasteiger partial charge in [0.05, 0.1) is 6.04 Å². The van der Waals surface area contributed by atoms with E-state index in [2.05, 4.69) is 20.9 Å². The number of carbonyl (C=O) groups excluding carboxylic acids is 2. The molecule has 0 aromatic carbocycles. The first-order chi connectivity index (χ1) is 13.2. The van der Waals surface area contributed by atoms with Gasteiger partial charge >= 0.3 is 6.03 Å². The topological polar surface area (TPSA) is 86.4 Å². The van der Waals surface area contributed by atoms with E-state index in [1.54, 1.807) is 6.20 Å². The van der Waals surface area contributed by atoms with Crippen molar-refractivity contribution in [2.75, 3.05) is 26.2 Å². The van der Waals surface area contributed by atoms with Crippen molar-refractivity contribution in [1.29, 1.82) is 0 Å². The molecule has 0 spiro atoms. The van der Waals surface area contributed by atoms with Crippen molar-refractivity contribution in [2.24, 2.45) is 0 Å². The molecule has 0 radical (unpaired) electrons. The van der Waals surface area contributed by atoms with E-state index in [1.807, 2.05) is 23.2 Å². The third kappa shape index (κ3) is 6.63. The first-order valence-electron chi connectivity index (χ1n) is 10.2. The predicted octanol–water partition coefficient (Wildman–Crippen LogP) is 2.39. The van der Waals surface area contributed by atoms with Crippen LogP contribution in [0.25, 0.3) is 0 Å². The summed E-state index contributed by atoms with van der Waals surface area (Å²) in [7, 11) is 0. The number of urea groups is 1. The number of nitrogens with zero attached hydrogens (tertiary/aromatic N) is 2. The minimum Gasteiger partial charge on any atom is -0.338 e. The van der Waals surface area contributed by atoms with Gasteiger partial charge in [0.15, 0.2) is 0 Å². The molecule has 3 N–H and O–H groups in total. The molecule has 1 aromatic heterocycles. The zero-order chi connectivity index (χ0) is 18.9. The van der Waals surface area contributed by atoms with Gasteiger partial charge in [-0.25, -0.2) is 4.79 Å². The van der Waals surface area contributed by atoms with E-state index in [4.69, 9.17) is 0 Å². The fourth-order valence-electron chi connectivity index (χ4n) is 3.94. The number of aromatic nitrogens is 1. The molecule has 3 rings (SSSR count). The zero-order valence-corrected chi connectivity index (χ0v) is 17.2. The molecule has 0 bridgehead atoms. The van der Waals surface area contributed by atoms with Crippen molar-refractivity contribution in [3.8, 4) is 0 Å². The molecular weight excluding hydrogens is 378 g/mol. The van der Waals surface area contributed by atoms with E-state index >= 15 is 0 Å². The summed E-state index contributed by atoms with van der Waals surface area (Å²) in [6, 6.07) is 4.15. The van der Waals surface area contributed by atoms with Crippen LogP contribution in [0.5, 0.6) is 0 Å². The molecule has 7 nitrogen and oxygen atoms in total. The lowest BCUT2D eigenvalue weighted by atomic mass is 9.96. The number of hydrogen-bond donors (Lipinski definition) is 3. The molecule has 1 unspecified atom stereocenters. The normalized spacial score (nSPS) is 20.1. The smallest absolute Gasteiger partial charge is 0.315 e. The van der Waals surface area contributed by atoms with Gasteiger partial charge in [0.25, 0.3) is 0 Å². The lowest BCUT2D eigenvalue weighted by Crippen LogP contribution is -2.48. The van der Waals surface area contributed by atoms with E-state index < -0.39 is 0 Å². The van der Waals surface area contributed by atoms with Crippen LogP contribution >= 0.6 is 12.4 Å². The van der Waals surface area contributed by atoms with Crippen LogP contribution in [0.4, 0.5) is 4.79 Å². The van der Waals surface area contributed by atoms with Crippen molar-refractivity contribution in [3.05, 3.63) is 30.1 Å². The minimum atomic E-state index is -0.107. The molecule has 2 fully saturated rings. The summed E-state index contributed by atoms with van der Waals surface area (Å²) in [6.45, 7) is 2.78. The number of halogens is 1. The summed E-state index contributed by atoms with van der Waals surface area (Å²) in [6.07, 6.45) is 10.5. The average molecular weight is 410 g/mol. The van der Waals surface area contributed by atoms with Crippen molar-refractivity contribution < 1.29 is 9.59 Å². The largest absolute Gasteiger partial charge is 0.338 e. The molecule has 28 heavy (non-hydrogen) atoms. The van der Waals surface area contributed by atoms with Crippen molar-refractivity contribution in [1.82, 2.24) is 25.8 Å². The number of hydrogen-bond acceptors (Lipinski definition) is 4. The molecule has 2 heterocycles. The van der Waals surface area contributed by atoms with Crippen LogP contribution < -0.4 is 16.0 Å². The second-order valence-corrected chi connectivity index (χ2v) is 7.43. The third-order valence-electron chi connectivity index (χ3n) is 5.43. The molecule has 1 aromatic rings. The first-order valence-corrected chi connectivity index (χ1v) is 10.2. The molecule has 3 amide bonds. The Morgan fingerprint density at radius 2 is 2.07 bits per heavy atom. The summed E-state index contributed by atoms with van der Waals surface area (Å²) in [5.74, 6) is 0.139. The quantitative estimate of drug-likeness (QED) is 0.629. The summed E-state index contributed by atoms with van der Waals surface area (Å²) in [5, 5.41) is 9.28. The van der Waals surface area contributed by atoms with E-state index in [1.165, 1.54) is 19.3 Å². The van der Waals surface area contributed by atoms with Gasteiger partial charge in [0.2, 0.25) is 5.91 Å². The Morgan fingerprint density at radius 1 is 1.25 bits per heavy atom. The number of piperazine rings is 1. The van der Waals surface area contributed by atoms with Gasteiger partial charge in [-0.3, -0.25) is 9.78 Å². The molecule has 1 saturated heterocycles. The monoisotopic (exact) mass is 409 g/mol. The molecule has 8 heteroatoms. The van der Waals surface area contributed by atoms with Crippen LogP contribution in [-0.2, 0) is 4.79 Å². The Labute approximate surface area is 173 Å². The van der Waals surface area contributed by atoms with E-state index in [9.17, 15) is 9.59 Å². The van der Waals surface area contributed by atoms with Crippen molar-refractivity contribution >= 4 is 24.3 Å². The maximum Gasteiger partial charge on any atom is 0.315 e. The highest BCUT2D eigenvalue weighted by Gasteiger charge is 2.27. The lowest BCUT2D eigenvalue weighted by Gasteiger charge is -2.36. The summed E-state index contributed by atoms with van der Waals surface area (Å²) in [4.78, 5) is 30.8. The number of rotatable bonds is 6. The lowest BCUT2D eigenvalue weighted by molar-refractivity contribution is -0.134. The maximum atomic E-state index is 12.7. The van der Waals surface area contributed by atoms with Crippen LogP contribution in [0, 0.1) is 0 Å². The predicted molar refractivity (Wildman–Crippen MR) is 111 cm³/mol. The van der Waals surface area contributed by atoms with E-state index in [0.29, 0.717) is 32.0 Å². The fraction of sp³-hybridized carbons (Fsp3) is 0.650. The highest BCUT2D eigenvalue weighted by molar-refractivity contribution is 5.85. The summed E-state index contributed by atoms with van der Waals surface area (Å²) >= 11 is 0. The molecule has 1 aliphatic heterocycles. The van der Waals surface area contributed by atoms with E-state index in [0.717, 1.165) is 31.5 Å². The maximum absolute atomic E-state index is 12.7. The Morgan fingerprint density at radius 3 is 2.82 bits per heavy atom. The van der Waals surface area contributed by atoms with Gasteiger partial charge in [-0.05, 0) is 30.9 Å². The van der Waals surface area contributed by atoms with Crippen LogP contribution in [0.3, 0.4) is 0 Å². The van der Waals surface area contributed by atoms with E-state index in [-0.39, 0.29) is 30.4 Å². The van der Waals surface area contributed by atoms with Gasteiger partial charge < -0.3 is 20.9 Å². The van der Waals surface area contributed by atoms with Crippen LogP contribution in [0.15, 0.2) is 24.5 Å². The van der Waals surface area contributed by atoms with Crippen LogP contribution in [0.2, 0.25) is 0 Å². The second-order valence-electron chi connectivity index (χ2n) is 7.43. The standard InChI is InChI=1S/C20H31N5O2.ClH/c26-19(9-5-11-23-20(27)24-17-7-2-1-3-8-17)25-13-12-22-15-18(25)16-6-4-10-21-14-16;/h4,6,10,14,17-18,22H,1-3,5,7-9,11-13,15H2,(H2,23,24,27);1H. The van der Waals surface area contributed by atoms with Gasteiger partial charge in [0, 0.05) is 51.0 Å². The SMILES string of the molecule is Cl.O=C(NCCCC(=O)N1CCNCC1c1cccnc1)NC1CCCCC1. The minimum absolute atomic E-state index is 0. The molecule has 1 saturated carbocycles. The molecular formula is C20H32ClN5O2. The van der Waals surface area contributed by atoms with Gasteiger partial charge in [-0.15, -0.1) is 12.4 Å². The van der Waals surface area contributed by atoms with Gasteiger partial charge in [0.1, 0.15) is 0 Å². The Bertz CT molecular complexity index is 610. The first kappa shape index (κ1) is 22.4. The number of carbonyl (C=O) groups is 2. The van der Waals surface area contributed by atoms with Gasteiger partial charge in [-0.1, -0.05) is 25.3 Å². The second kappa shape index (κ2) is 11.9. The number of nitrogens with one attached hydrogen (secondary N) is 3. The van der Waals surface area contributed by atoms with Crippen molar-refractivity contribution in [3.63, 3.8) is 0 Å². The molecule has 1 atom stereocenters. The summed E-state index contributed by atoms with van der Waals surface area (Å²) < 4.78 is 0. The number of amides is 3. The number of pyridine rings is 1. The average Bonchev–Trinajstić information content (AvgIpc) is 2.72. The van der Waals surface area contributed by atoms with Crippen LogP contribution in [-0.4, -0.2) is 54.0 Å². The molecule has 1 aliphatic carbocycles. The van der Waals surface area contributed by atoms with Crippen LogP contribution in [0.1, 0.15) is 56.6 Å². The highest BCUT2D eigenvalue weighted by Crippen LogP contribution is 2.22. The molecule has 156 valence electrons. The highest BCUT2D eigenvalue weighted by atomic mass is 35.5. The Kier molecular flexibility index (Phi) is 9.50. The zero-order valence-electron chi connectivity index (χ0n) is 16.4. The van der Waals surface area contributed by atoms with Crippen molar-refractivity contribution in [2.45, 2.75) is 57.0 Å². The fourth-order valence-corrected chi connectivity index (χ4v) is 3.94. The van der Waals surface area contributed by atoms with Gasteiger partial charge in [-0.2, -0.15) is 0 Å². The third-order valence-corrected chi connectivity index (χ3v) is 5.43. The molecule has 2 aliphatic rings. The summed E-state index contributed by atoms with van der Waals surface area (Å²) in [5.41, 5.74) is 1.06. The Balaban J connectivity index is 0.00000280.